The first-order chi connectivity index (χ1) is 5.20. The molecule has 1 aliphatic rings. The van der Waals surface area contributed by atoms with E-state index in [2.05, 4.69) is 0 Å². The molecule has 0 aromatic rings. The zero-order valence-electron chi connectivity index (χ0n) is 7.39. The Morgan fingerprint density at radius 2 is 1.73 bits per heavy atom. The quantitative estimate of drug-likeness (QED) is 0.565. The zero-order chi connectivity index (χ0) is 8.85. The van der Waals surface area contributed by atoms with Crippen LogP contribution >= 0.6 is 0 Å². The molecule has 2 nitrogen and oxygen atoms in total. The molecule has 64 valence electrons. The van der Waals surface area contributed by atoms with Gasteiger partial charge in [-0.3, -0.25) is 0 Å². The molecule has 0 aliphatic heterocycles. The Bertz CT molecular complexity index is 178. The maximum atomic E-state index is 8.90. The first-order valence-corrected chi connectivity index (χ1v) is 3.98. The standard InChI is InChI=1S/C7H10O2.C2H6/c1-5-2-3-6(8)7(9)4-5;1-2/h4,8-9H,2-3H2,1H3;1-2H3. The Kier molecular flexibility index (Phi) is 4.42. The smallest absolute Gasteiger partial charge is 0.152 e. The Hall–Kier alpha value is -0.920. The predicted molar refractivity (Wildman–Crippen MR) is 46.6 cm³/mol. The number of hydrogen-bond donors (Lipinski definition) is 2. The fourth-order valence-corrected chi connectivity index (χ4v) is 0.833. The maximum Gasteiger partial charge on any atom is 0.152 e. The van der Waals surface area contributed by atoms with Gasteiger partial charge in [-0.05, 0) is 19.4 Å². The van der Waals surface area contributed by atoms with Gasteiger partial charge in [-0.15, -0.1) is 0 Å². The van der Waals surface area contributed by atoms with Crippen LogP contribution in [0, 0.1) is 0 Å². The molecular formula is C9H16O2. The predicted octanol–water partition coefficient (Wildman–Crippen LogP) is 3.08. The van der Waals surface area contributed by atoms with Crippen LogP contribution in [-0.4, -0.2) is 10.2 Å². The number of allylic oxidation sites excluding steroid dienone is 3. The molecule has 1 rings (SSSR count). The summed E-state index contributed by atoms with van der Waals surface area (Å²) in [7, 11) is 0. The fraction of sp³-hybridized carbons (Fsp3) is 0.556. The normalized spacial score (nSPS) is 16.8. The zero-order valence-corrected chi connectivity index (χ0v) is 7.39. The minimum Gasteiger partial charge on any atom is -0.508 e. The van der Waals surface area contributed by atoms with E-state index in [4.69, 9.17) is 10.2 Å². The minimum atomic E-state index is 0.0266. The van der Waals surface area contributed by atoms with E-state index < -0.39 is 0 Å². The van der Waals surface area contributed by atoms with Crippen LogP contribution in [0.25, 0.3) is 0 Å². The molecule has 0 aromatic carbocycles. The molecule has 0 bridgehead atoms. The topological polar surface area (TPSA) is 40.5 Å². The van der Waals surface area contributed by atoms with Crippen LogP contribution in [0.15, 0.2) is 23.2 Å². The number of aliphatic hydroxyl groups is 2. The van der Waals surface area contributed by atoms with Crippen molar-refractivity contribution in [3.8, 4) is 0 Å². The lowest BCUT2D eigenvalue weighted by Crippen LogP contribution is -1.95. The van der Waals surface area contributed by atoms with Crippen molar-refractivity contribution in [1.29, 1.82) is 0 Å². The summed E-state index contributed by atoms with van der Waals surface area (Å²) in [5.74, 6) is 0.138. The van der Waals surface area contributed by atoms with Crippen molar-refractivity contribution in [3.63, 3.8) is 0 Å². The summed E-state index contributed by atoms with van der Waals surface area (Å²) in [5.41, 5.74) is 1.12. The van der Waals surface area contributed by atoms with Gasteiger partial charge in [0.15, 0.2) is 5.76 Å². The van der Waals surface area contributed by atoms with Crippen molar-refractivity contribution >= 4 is 0 Å². The molecule has 0 spiro atoms. The van der Waals surface area contributed by atoms with Crippen LogP contribution in [-0.2, 0) is 0 Å². The second kappa shape index (κ2) is 4.83. The van der Waals surface area contributed by atoms with Gasteiger partial charge < -0.3 is 10.2 Å². The highest BCUT2D eigenvalue weighted by Crippen LogP contribution is 2.19. The van der Waals surface area contributed by atoms with Crippen LogP contribution in [0.5, 0.6) is 0 Å². The summed E-state index contributed by atoms with van der Waals surface area (Å²) in [6, 6.07) is 0. The lowest BCUT2D eigenvalue weighted by molar-refractivity contribution is 0.317. The van der Waals surface area contributed by atoms with Crippen molar-refractivity contribution in [2.75, 3.05) is 0 Å². The van der Waals surface area contributed by atoms with Crippen LogP contribution in [0.1, 0.15) is 33.6 Å². The summed E-state index contributed by atoms with van der Waals surface area (Å²) in [6.07, 6.45) is 3.03. The molecule has 0 heterocycles. The van der Waals surface area contributed by atoms with E-state index in [0.717, 1.165) is 12.0 Å². The van der Waals surface area contributed by atoms with Gasteiger partial charge in [-0.25, -0.2) is 0 Å². The lowest BCUT2D eigenvalue weighted by Gasteiger charge is -2.08. The van der Waals surface area contributed by atoms with Gasteiger partial charge in [0.25, 0.3) is 0 Å². The van der Waals surface area contributed by atoms with E-state index >= 15 is 0 Å². The minimum absolute atomic E-state index is 0.0266. The van der Waals surface area contributed by atoms with Crippen LogP contribution < -0.4 is 0 Å². The van der Waals surface area contributed by atoms with E-state index in [-0.39, 0.29) is 11.5 Å². The third-order valence-corrected chi connectivity index (χ3v) is 1.43. The Labute approximate surface area is 67.9 Å². The Morgan fingerprint density at radius 1 is 1.18 bits per heavy atom. The molecule has 0 radical (unpaired) electrons. The third-order valence-electron chi connectivity index (χ3n) is 1.43. The average molecular weight is 156 g/mol. The molecule has 0 unspecified atom stereocenters. The molecule has 2 N–H and O–H groups in total. The second-order valence-corrected chi connectivity index (χ2v) is 2.32. The summed E-state index contributed by atoms with van der Waals surface area (Å²) < 4.78 is 0. The van der Waals surface area contributed by atoms with Gasteiger partial charge in [0.2, 0.25) is 0 Å². The second-order valence-electron chi connectivity index (χ2n) is 2.32. The van der Waals surface area contributed by atoms with Crippen molar-refractivity contribution in [2.24, 2.45) is 0 Å². The number of aliphatic hydroxyl groups excluding tert-OH is 2. The molecular weight excluding hydrogens is 140 g/mol. The van der Waals surface area contributed by atoms with Gasteiger partial charge in [0.1, 0.15) is 5.76 Å². The SMILES string of the molecule is CC.CC1=CC(O)=C(O)CC1. The van der Waals surface area contributed by atoms with Gasteiger partial charge in [-0.1, -0.05) is 19.4 Å². The molecule has 1 aliphatic carbocycles. The van der Waals surface area contributed by atoms with Gasteiger partial charge in [-0.2, -0.15) is 0 Å². The average Bonchev–Trinajstić information content (AvgIpc) is 2.02. The molecule has 0 aromatic heterocycles. The highest BCUT2D eigenvalue weighted by Gasteiger charge is 2.07. The Morgan fingerprint density at radius 3 is 2.09 bits per heavy atom. The highest BCUT2D eigenvalue weighted by atomic mass is 16.3. The Balaban J connectivity index is 0.000000461. The van der Waals surface area contributed by atoms with E-state index in [1.165, 1.54) is 0 Å². The van der Waals surface area contributed by atoms with Crippen molar-refractivity contribution in [2.45, 2.75) is 33.6 Å². The van der Waals surface area contributed by atoms with E-state index in [1.807, 2.05) is 20.8 Å². The highest BCUT2D eigenvalue weighted by molar-refractivity contribution is 5.23. The van der Waals surface area contributed by atoms with E-state index in [9.17, 15) is 0 Å². The number of rotatable bonds is 0. The molecule has 0 saturated carbocycles. The van der Waals surface area contributed by atoms with Gasteiger partial charge >= 0.3 is 0 Å². The summed E-state index contributed by atoms with van der Waals surface area (Å²) >= 11 is 0. The summed E-state index contributed by atoms with van der Waals surface area (Å²) in [6.45, 7) is 5.93. The molecule has 0 atom stereocenters. The summed E-state index contributed by atoms with van der Waals surface area (Å²) in [5, 5.41) is 17.8. The first-order valence-electron chi connectivity index (χ1n) is 3.98. The summed E-state index contributed by atoms with van der Waals surface area (Å²) in [4.78, 5) is 0. The van der Waals surface area contributed by atoms with E-state index in [0.29, 0.717) is 6.42 Å². The monoisotopic (exact) mass is 156 g/mol. The molecule has 2 heteroatoms. The molecule has 0 fully saturated rings. The maximum absolute atomic E-state index is 8.90. The number of hydrogen-bond acceptors (Lipinski definition) is 2. The third kappa shape index (κ3) is 3.12. The fourth-order valence-electron chi connectivity index (χ4n) is 0.833. The lowest BCUT2D eigenvalue weighted by atomic mass is 10.0. The van der Waals surface area contributed by atoms with Gasteiger partial charge in [0, 0.05) is 6.42 Å². The van der Waals surface area contributed by atoms with Gasteiger partial charge in [0.05, 0.1) is 0 Å². The van der Waals surface area contributed by atoms with Crippen LogP contribution in [0.4, 0.5) is 0 Å². The largest absolute Gasteiger partial charge is 0.508 e. The first kappa shape index (κ1) is 10.1. The molecule has 0 saturated heterocycles. The van der Waals surface area contributed by atoms with Crippen LogP contribution in [0.2, 0.25) is 0 Å². The van der Waals surface area contributed by atoms with Crippen molar-refractivity contribution < 1.29 is 10.2 Å². The van der Waals surface area contributed by atoms with Crippen molar-refractivity contribution in [3.05, 3.63) is 23.2 Å². The van der Waals surface area contributed by atoms with Crippen molar-refractivity contribution in [1.82, 2.24) is 0 Å². The van der Waals surface area contributed by atoms with E-state index in [1.54, 1.807) is 6.08 Å². The van der Waals surface area contributed by atoms with Crippen LogP contribution in [0.3, 0.4) is 0 Å². The molecule has 11 heavy (non-hydrogen) atoms. The molecule has 0 amide bonds.